The van der Waals surface area contributed by atoms with E-state index in [0.717, 1.165) is 22.3 Å². The van der Waals surface area contributed by atoms with Crippen molar-refractivity contribution in [2.24, 2.45) is 0 Å². The monoisotopic (exact) mass is 357 g/mol. The molecule has 0 atom stereocenters. The Morgan fingerprint density at radius 1 is 0.815 bits per heavy atom. The molecule has 0 saturated carbocycles. The van der Waals surface area contributed by atoms with Crippen molar-refractivity contribution in [1.29, 1.82) is 0 Å². The summed E-state index contributed by atoms with van der Waals surface area (Å²) in [6, 6.07) is 24.3. The van der Waals surface area contributed by atoms with Crippen LogP contribution in [0.25, 0.3) is 16.7 Å². The summed E-state index contributed by atoms with van der Waals surface area (Å²) in [7, 11) is 0. The molecular formula is C23H19NO3. The lowest BCUT2D eigenvalue weighted by Gasteiger charge is -2.08. The van der Waals surface area contributed by atoms with Crippen LogP contribution < -0.4 is 5.32 Å². The lowest BCUT2D eigenvalue weighted by molar-refractivity contribution is -0.111. The van der Waals surface area contributed by atoms with Gasteiger partial charge in [0.1, 0.15) is 0 Å². The highest BCUT2D eigenvalue weighted by Crippen LogP contribution is 2.22. The normalized spacial score (nSPS) is 11.1. The summed E-state index contributed by atoms with van der Waals surface area (Å²) >= 11 is 0. The molecule has 0 aliphatic carbocycles. The number of carboxylic acid groups (broad SMARTS) is 1. The number of hydrogen-bond donors (Lipinski definition) is 2. The Morgan fingerprint density at radius 3 is 2.07 bits per heavy atom. The van der Waals surface area contributed by atoms with E-state index in [2.05, 4.69) is 5.32 Å². The van der Waals surface area contributed by atoms with E-state index in [4.69, 9.17) is 0 Å². The van der Waals surface area contributed by atoms with Gasteiger partial charge in [0, 0.05) is 6.08 Å². The number of allylic oxidation sites excluding steroid dienone is 1. The molecule has 0 aromatic heterocycles. The first kappa shape index (κ1) is 18.1. The van der Waals surface area contributed by atoms with Gasteiger partial charge in [0.2, 0.25) is 5.91 Å². The molecule has 134 valence electrons. The molecule has 3 aromatic carbocycles. The molecule has 0 saturated heterocycles. The Bertz CT molecular complexity index is 990. The summed E-state index contributed by atoms with van der Waals surface area (Å²) in [6.07, 6.45) is 1.47. The maximum absolute atomic E-state index is 12.3. The van der Waals surface area contributed by atoms with Gasteiger partial charge in [-0.25, -0.2) is 4.79 Å². The molecule has 27 heavy (non-hydrogen) atoms. The summed E-state index contributed by atoms with van der Waals surface area (Å²) < 4.78 is 0. The first-order chi connectivity index (χ1) is 13.0. The van der Waals surface area contributed by atoms with E-state index in [9.17, 15) is 14.7 Å². The third-order valence-electron chi connectivity index (χ3n) is 4.21. The number of carboxylic acids is 1. The first-order valence-corrected chi connectivity index (χ1v) is 8.52. The third kappa shape index (κ3) is 4.50. The highest BCUT2D eigenvalue weighted by Gasteiger charge is 2.11. The minimum Gasteiger partial charge on any atom is -0.478 e. The van der Waals surface area contributed by atoms with Crippen molar-refractivity contribution in [2.75, 3.05) is 5.32 Å². The molecule has 2 N–H and O–H groups in total. The zero-order valence-electron chi connectivity index (χ0n) is 14.8. The number of nitrogens with one attached hydrogen (secondary N) is 1. The van der Waals surface area contributed by atoms with Gasteiger partial charge >= 0.3 is 5.97 Å². The van der Waals surface area contributed by atoms with Crippen LogP contribution >= 0.6 is 0 Å². The number of rotatable bonds is 5. The second kappa shape index (κ2) is 8.15. The van der Waals surface area contributed by atoms with Gasteiger partial charge < -0.3 is 10.4 Å². The lowest BCUT2D eigenvalue weighted by Crippen LogP contribution is -2.12. The van der Waals surface area contributed by atoms with Gasteiger partial charge in [0.25, 0.3) is 0 Å². The predicted molar refractivity (Wildman–Crippen MR) is 108 cm³/mol. The van der Waals surface area contributed by atoms with Crippen LogP contribution in [0.4, 0.5) is 5.69 Å². The lowest BCUT2D eigenvalue weighted by atomic mass is 10.0. The molecule has 4 nitrogen and oxygen atoms in total. The maximum atomic E-state index is 12.3. The highest BCUT2D eigenvalue weighted by molar-refractivity contribution is 6.07. The van der Waals surface area contributed by atoms with E-state index in [1.54, 1.807) is 18.2 Å². The number of carbonyl (C=O) groups excluding carboxylic acids is 1. The first-order valence-electron chi connectivity index (χ1n) is 8.52. The zero-order valence-corrected chi connectivity index (χ0v) is 14.8. The van der Waals surface area contributed by atoms with E-state index in [1.807, 2.05) is 61.5 Å². The molecule has 0 aliphatic rings. The third-order valence-corrected chi connectivity index (χ3v) is 4.21. The molecule has 0 spiro atoms. The molecular weight excluding hydrogens is 338 g/mol. The van der Waals surface area contributed by atoms with Crippen LogP contribution in [0.3, 0.4) is 0 Å². The largest absolute Gasteiger partial charge is 0.478 e. The van der Waals surface area contributed by atoms with Crippen LogP contribution in [0.2, 0.25) is 0 Å². The predicted octanol–water partition coefficient (Wildman–Crippen LogP) is 5.09. The van der Waals surface area contributed by atoms with Crippen LogP contribution in [0.15, 0.2) is 84.9 Å². The summed E-state index contributed by atoms with van der Waals surface area (Å²) in [6.45, 7) is 1.85. The Labute approximate surface area is 157 Å². The number of carbonyl (C=O) groups is 2. The minimum atomic E-state index is -1.08. The fourth-order valence-electron chi connectivity index (χ4n) is 2.78. The minimum absolute atomic E-state index is 0.0594. The van der Waals surface area contributed by atoms with Crippen molar-refractivity contribution in [3.8, 4) is 11.1 Å². The molecule has 0 bridgehead atoms. The van der Waals surface area contributed by atoms with Crippen molar-refractivity contribution in [2.45, 2.75) is 6.92 Å². The molecule has 0 unspecified atom stereocenters. The number of anilines is 1. The molecule has 4 heteroatoms. The Hall–Kier alpha value is -3.66. The van der Waals surface area contributed by atoms with Crippen molar-refractivity contribution in [3.63, 3.8) is 0 Å². The van der Waals surface area contributed by atoms with Crippen molar-refractivity contribution in [3.05, 3.63) is 96.1 Å². The number of amides is 1. The number of benzene rings is 3. The van der Waals surface area contributed by atoms with Gasteiger partial charge in [-0.1, -0.05) is 66.7 Å². The number of hydrogen-bond acceptors (Lipinski definition) is 2. The van der Waals surface area contributed by atoms with Gasteiger partial charge in [0.15, 0.2) is 0 Å². The molecule has 0 heterocycles. The number of para-hydroxylation sites is 1. The summed E-state index contributed by atoms with van der Waals surface area (Å²) in [5.74, 6) is -1.45. The second-order valence-electron chi connectivity index (χ2n) is 6.11. The second-order valence-corrected chi connectivity index (χ2v) is 6.11. The summed E-state index contributed by atoms with van der Waals surface area (Å²) in [4.78, 5) is 23.5. The van der Waals surface area contributed by atoms with Crippen molar-refractivity contribution >= 4 is 23.1 Å². The van der Waals surface area contributed by atoms with Crippen LogP contribution in [0.5, 0.6) is 0 Å². The van der Waals surface area contributed by atoms with E-state index < -0.39 is 5.97 Å². The Balaban J connectivity index is 1.75. The quantitative estimate of drug-likeness (QED) is 0.625. The molecule has 3 aromatic rings. The molecule has 0 radical (unpaired) electrons. The van der Waals surface area contributed by atoms with Gasteiger partial charge in [-0.2, -0.15) is 0 Å². The molecule has 0 aliphatic heterocycles. The number of aromatic carboxylic acids is 1. The van der Waals surface area contributed by atoms with Crippen LogP contribution in [-0.4, -0.2) is 17.0 Å². The van der Waals surface area contributed by atoms with Crippen LogP contribution in [0.1, 0.15) is 22.8 Å². The van der Waals surface area contributed by atoms with E-state index in [0.29, 0.717) is 0 Å². The van der Waals surface area contributed by atoms with Crippen molar-refractivity contribution in [1.82, 2.24) is 0 Å². The fraction of sp³-hybridized carbons (Fsp3) is 0.0435. The Morgan fingerprint density at radius 2 is 1.41 bits per heavy atom. The Kier molecular flexibility index (Phi) is 5.47. The van der Waals surface area contributed by atoms with E-state index >= 15 is 0 Å². The zero-order chi connectivity index (χ0) is 19.2. The summed E-state index contributed by atoms with van der Waals surface area (Å²) in [5, 5.41) is 11.8. The fourth-order valence-corrected chi connectivity index (χ4v) is 2.78. The van der Waals surface area contributed by atoms with Gasteiger partial charge in [-0.3, -0.25) is 4.79 Å². The molecule has 0 fully saturated rings. The summed E-state index contributed by atoms with van der Waals surface area (Å²) in [5.41, 5.74) is 4.29. The van der Waals surface area contributed by atoms with Gasteiger partial charge in [-0.05, 0) is 41.3 Å². The van der Waals surface area contributed by atoms with Crippen LogP contribution in [0, 0.1) is 0 Å². The average molecular weight is 357 g/mol. The standard InChI is InChI=1S/C23H19NO3/c1-16(15-22(25)24-21-10-6-5-9-20(21)23(26)27)17-11-13-19(14-12-17)18-7-3-2-4-8-18/h2-15H,1H3,(H,24,25)(H,26,27)/b16-15-. The maximum Gasteiger partial charge on any atom is 0.337 e. The highest BCUT2D eigenvalue weighted by atomic mass is 16.4. The van der Waals surface area contributed by atoms with Gasteiger partial charge in [0.05, 0.1) is 11.3 Å². The molecule has 1 amide bonds. The average Bonchev–Trinajstić information content (AvgIpc) is 2.69. The molecule has 3 rings (SSSR count). The van der Waals surface area contributed by atoms with Crippen molar-refractivity contribution < 1.29 is 14.7 Å². The van der Waals surface area contributed by atoms with E-state index in [1.165, 1.54) is 12.1 Å². The topological polar surface area (TPSA) is 66.4 Å². The SMILES string of the molecule is C/C(=C/C(=O)Nc1ccccc1C(=O)O)c1ccc(-c2ccccc2)cc1. The van der Waals surface area contributed by atoms with Crippen LogP contribution in [-0.2, 0) is 4.79 Å². The van der Waals surface area contributed by atoms with Gasteiger partial charge in [-0.15, -0.1) is 0 Å². The van der Waals surface area contributed by atoms with E-state index in [-0.39, 0.29) is 17.2 Å². The smallest absolute Gasteiger partial charge is 0.337 e.